The first kappa shape index (κ1) is 18.6. The smallest absolute Gasteiger partial charge is 0.254 e. The van der Waals surface area contributed by atoms with Gasteiger partial charge < -0.3 is 9.88 Å². The van der Waals surface area contributed by atoms with Crippen molar-refractivity contribution in [3.05, 3.63) is 59.9 Å². The number of imidazole rings is 1. The van der Waals surface area contributed by atoms with Gasteiger partial charge in [0.25, 0.3) is 5.91 Å². The Morgan fingerprint density at radius 1 is 1.18 bits per heavy atom. The Balaban J connectivity index is 1.66. The molecule has 1 saturated heterocycles. The molecule has 0 bridgehead atoms. The molecule has 4 rings (SSSR count). The topological polar surface area (TPSA) is 86.4 Å². The summed E-state index contributed by atoms with van der Waals surface area (Å²) in [5.41, 5.74) is 2.18. The molecule has 0 radical (unpaired) electrons. The fourth-order valence-electron chi connectivity index (χ4n) is 3.59. The van der Waals surface area contributed by atoms with Crippen LogP contribution in [0.15, 0.2) is 53.4 Å². The first-order chi connectivity index (χ1) is 13.4. The third-order valence-electron chi connectivity index (χ3n) is 5.10. The van der Waals surface area contributed by atoms with Crippen LogP contribution in [0.2, 0.25) is 0 Å². The van der Waals surface area contributed by atoms with Crippen molar-refractivity contribution < 1.29 is 13.2 Å². The Kier molecular flexibility index (Phi) is 4.68. The zero-order chi connectivity index (χ0) is 19.9. The van der Waals surface area contributed by atoms with Crippen molar-refractivity contribution >= 4 is 27.0 Å². The molecule has 7 nitrogen and oxygen atoms in total. The molecule has 0 unspecified atom stereocenters. The zero-order valence-corrected chi connectivity index (χ0v) is 16.6. The lowest BCUT2D eigenvalue weighted by atomic mass is 10.1. The lowest BCUT2D eigenvalue weighted by Crippen LogP contribution is -2.31. The number of hydrogen-bond acceptors (Lipinski definition) is 4. The highest BCUT2D eigenvalue weighted by Crippen LogP contribution is 2.33. The zero-order valence-electron chi connectivity index (χ0n) is 15.8. The van der Waals surface area contributed by atoms with Crippen LogP contribution in [0.3, 0.4) is 0 Å². The van der Waals surface area contributed by atoms with Crippen LogP contribution in [0.1, 0.15) is 35.1 Å². The highest BCUT2D eigenvalue weighted by molar-refractivity contribution is 7.89. The van der Waals surface area contributed by atoms with Crippen LogP contribution in [0.25, 0.3) is 11.0 Å². The van der Waals surface area contributed by atoms with Crippen LogP contribution in [0.5, 0.6) is 0 Å². The Hall–Kier alpha value is -2.71. The summed E-state index contributed by atoms with van der Waals surface area (Å²) in [5.74, 6) is 0.586. The number of para-hydroxylation sites is 2. The van der Waals surface area contributed by atoms with E-state index in [0.29, 0.717) is 12.1 Å². The predicted octanol–water partition coefficient (Wildman–Crippen LogP) is 2.79. The molecule has 0 spiro atoms. The number of carbonyl (C=O) groups is 1. The van der Waals surface area contributed by atoms with E-state index in [0.717, 1.165) is 34.0 Å². The summed E-state index contributed by atoms with van der Waals surface area (Å²) in [6, 6.07) is 13.8. The largest absolute Gasteiger partial charge is 0.340 e. The van der Waals surface area contributed by atoms with Crippen molar-refractivity contribution in [1.82, 2.24) is 19.2 Å². The van der Waals surface area contributed by atoms with Crippen LogP contribution >= 0.6 is 0 Å². The third-order valence-corrected chi connectivity index (χ3v) is 6.91. The normalized spacial score (nSPS) is 17.5. The van der Waals surface area contributed by atoms with Gasteiger partial charge in [0.05, 0.1) is 22.0 Å². The number of fused-ring (bicyclic) bond motifs is 1. The minimum absolute atomic E-state index is 0.114. The predicted molar refractivity (Wildman–Crippen MR) is 106 cm³/mol. The standard InChI is InChI=1S/C20H22N4O3S/c1-23(2)28(26,27)15-8-5-7-14(13-15)20(25)24-12-6-11-18(24)19-21-16-9-3-4-10-17(16)22-19/h3-5,7-10,13,18H,6,11-12H2,1-2H3,(H,21,22)/t18-/m1/s1. The molecular formula is C20H22N4O3S. The van der Waals surface area contributed by atoms with Crippen LogP contribution in [0, 0.1) is 0 Å². The van der Waals surface area contributed by atoms with E-state index < -0.39 is 10.0 Å². The number of rotatable bonds is 4. The number of nitrogens with one attached hydrogen (secondary N) is 1. The van der Waals surface area contributed by atoms with Gasteiger partial charge in [0, 0.05) is 26.2 Å². The van der Waals surface area contributed by atoms with Crippen molar-refractivity contribution in [2.24, 2.45) is 0 Å². The number of benzene rings is 2. The number of sulfonamides is 1. The van der Waals surface area contributed by atoms with Gasteiger partial charge in [-0.15, -0.1) is 0 Å². The highest BCUT2D eigenvalue weighted by Gasteiger charge is 2.33. The van der Waals surface area contributed by atoms with Gasteiger partial charge >= 0.3 is 0 Å². The molecule has 1 amide bonds. The van der Waals surface area contributed by atoms with Crippen LogP contribution in [-0.4, -0.2) is 54.1 Å². The minimum Gasteiger partial charge on any atom is -0.340 e. The second kappa shape index (κ2) is 7.03. The number of nitrogens with zero attached hydrogens (tertiary/aromatic N) is 3. The van der Waals surface area contributed by atoms with E-state index in [4.69, 9.17) is 0 Å². The monoisotopic (exact) mass is 398 g/mol. The molecule has 8 heteroatoms. The molecule has 1 aromatic heterocycles. The van der Waals surface area contributed by atoms with Gasteiger partial charge in [0.1, 0.15) is 5.82 Å². The molecule has 1 atom stereocenters. The third kappa shape index (κ3) is 3.18. The summed E-state index contributed by atoms with van der Waals surface area (Å²) in [6.45, 7) is 0.616. The Bertz CT molecular complexity index is 1100. The van der Waals surface area contributed by atoms with E-state index in [2.05, 4.69) is 9.97 Å². The van der Waals surface area contributed by atoms with E-state index in [9.17, 15) is 13.2 Å². The van der Waals surface area contributed by atoms with Gasteiger partial charge in [-0.25, -0.2) is 17.7 Å². The van der Waals surface area contributed by atoms with Gasteiger partial charge in [0.2, 0.25) is 10.0 Å². The molecule has 146 valence electrons. The second-order valence-electron chi connectivity index (χ2n) is 7.11. The molecule has 1 aliphatic heterocycles. The summed E-state index contributed by atoms with van der Waals surface area (Å²) >= 11 is 0. The number of likely N-dealkylation sites (tertiary alicyclic amines) is 1. The Labute approximate surface area is 164 Å². The maximum atomic E-state index is 13.2. The molecule has 2 heterocycles. The number of hydrogen-bond donors (Lipinski definition) is 1. The van der Waals surface area contributed by atoms with E-state index in [1.54, 1.807) is 17.0 Å². The number of H-pyrrole nitrogens is 1. The van der Waals surface area contributed by atoms with E-state index in [-0.39, 0.29) is 16.8 Å². The van der Waals surface area contributed by atoms with Gasteiger partial charge in [-0.05, 0) is 43.2 Å². The average molecular weight is 398 g/mol. The maximum absolute atomic E-state index is 13.2. The summed E-state index contributed by atoms with van der Waals surface area (Å²) in [6.07, 6.45) is 1.70. The maximum Gasteiger partial charge on any atom is 0.254 e. The second-order valence-corrected chi connectivity index (χ2v) is 9.26. The fourth-order valence-corrected chi connectivity index (χ4v) is 4.54. The van der Waals surface area contributed by atoms with Crippen molar-refractivity contribution in [2.45, 2.75) is 23.8 Å². The molecule has 0 saturated carbocycles. The van der Waals surface area contributed by atoms with Crippen LogP contribution < -0.4 is 0 Å². The van der Waals surface area contributed by atoms with Crippen LogP contribution in [0.4, 0.5) is 0 Å². The van der Waals surface area contributed by atoms with E-state index in [1.165, 1.54) is 26.2 Å². The lowest BCUT2D eigenvalue weighted by molar-refractivity contribution is 0.0730. The molecular weight excluding hydrogens is 376 g/mol. The molecule has 1 N–H and O–H groups in total. The number of carbonyl (C=O) groups excluding carboxylic acids is 1. The van der Waals surface area contributed by atoms with Crippen molar-refractivity contribution in [1.29, 1.82) is 0 Å². The van der Waals surface area contributed by atoms with E-state index in [1.807, 2.05) is 24.3 Å². The van der Waals surface area contributed by atoms with Crippen LogP contribution in [-0.2, 0) is 10.0 Å². The number of amides is 1. The van der Waals surface area contributed by atoms with Gasteiger partial charge in [-0.1, -0.05) is 18.2 Å². The van der Waals surface area contributed by atoms with Gasteiger partial charge in [0.15, 0.2) is 0 Å². The summed E-state index contributed by atoms with van der Waals surface area (Å²) < 4.78 is 25.9. The summed E-state index contributed by atoms with van der Waals surface area (Å²) in [4.78, 5) is 23.0. The Morgan fingerprint density at radius 3 is 2.71 bits per heavy atom. The highest BCUT2D eigenvalue weighted by atomic mass is 32.2. The summed E-state index contributed by atoms with van der Waals surface area (Å²) in [7, 11) is -0.647. The molecule has 2 aromatic carbocycles. The SMILES string of the molecule is CN(C)S(=O)(=O)c1cccc(C(=O)N2CCC[C@@H]2c2nc3ccccc3[nH]2)c1. The molecule has 1 aliphatic rings. The van der Waals surface area contributed by atoms with Crippen molar-refractivity contribution in [2.75, 3.05) is 20.6 Å². The first-order valence-corrected chi connectivity index (χ1v) is 10.6. The number of aromatic amines is 1. The summed E-state index contributed by atoms with van der Waals surface area (Å²) in [5, 5.41) is 0. The lowest BCUT2D eigenvalue weighted by Gasteiger charge is -2.23. The number of aromatic nitrogens is 2. The van der Waals surface area contributed by atoms with Gasteiger partial charge in [-0.2, -0.15) is 0 Å². The Morgan fingerprint density at radius 2 is 1.96 bits per heavy atom. The van der Waals surface area contributed by atoms with E-state index >= 15 is 0 Å². The molecule has 28 heavy (non-hydrogen) atoms. The fraction of sp³-hybridized carbons (Fsp3) is 0.300. The average Bonchev–Trinajstić information content (AvgIpc) is 3.33. The minimum atomic E-state index is -3.60. The van der Waals surface area contributed by atoms with Crippen molar-refractivity contribution in [3.8, 4) is 0 Å². The quantitative estimate of drug-likeness (QED) is 0.732. The molecule has 1 fully saturated rings. The van der Waals surface area contributed by atoms with Gasteiger partial charge in [-0.3, -0.25) is 4.79 Å². The molecule has 0 aliphatic carbocycles. The van der Waals surface area contributed by atoms with Crippen molar-refractivity contribution in [3.63, 3.8) is 0 Å². The molecule has 3 aromatic rings. The first-order valence-electron chi connectivity index (χ1n) is 9.16.